The lowest BCUT2D eigenvalue weighted by Gasteiger charge is -2.09. The van der Waals surface area contributed by atoms with E-state index in [1.165, 1.54) is 42.4 Å². The molecule has 0 aliphatic carbocycles. The van der Waals surface area contributed by atoms with Crippen molar-refractivity contribution in [2.75, 3.05) is 20.2 Å². The number of ether oxygens (including phenoxy) is 1. The third kappa shape index (κ3) is 8.40. The molecule has 0 saturated heterocycles. The number of unbranched alkanes of at least 4 members (excludes halogenated alkanes) is 2. The second kappa shape index (κ2) is 13.1. The smallest absolute Gasteiger partial charge is 0.118 e. The molecule has 0 amide bonds. The van der Waals surface area contributed by atoms with Crippen LogP contribution in [-0.4, -0.2) is 25.2 Å². The normalized spacial score (nSPS) is 11.6. The van der Waals surface area contributed by atoms with Crippen LogP contribution in [0.15, 0.2) is 54.9 Å². The zero-order chi connectivity index (χ0) is 19.2. The highest BCUT2D eigenvalue weighted by atomic mass is 16.5. The largest absolute Gasteiger partial charge is 0.497 e. The van der Waals surface area contributed by atoms with E-state index in [0.717, 1.165) is 38.1 Å². The molecule has 0 atom stereocenters. The summed E-state index contributed by atoms with van der Waals surface area (Å²) in [6.07, 6.45) is 14.4. The lowest BCUT2D eigenvalue weighted by Crippen LogP contribution is -2.16. The molecule has 146 valence electrons. The van der Waals surface area contributed by atoms with E-state index < -0.39 is 0 Å². The average molecular weight is 367 g/mol. The van der Waals surface area contributed by atoms with Crippen LogP contribution >= 0.6 is 0 Å². The standard InChI is InChI=1S/C24H34N2O/c1-3-9-22(23-13-15-24(27-2)16-14-23)12-5-7-18-25-17-6-4-10-21-11-8-19-26-20-21/h8,11-16,19-20,25H,3-7,9-10,17-18H2,1-2H3/b22-12+. The number of hydrogen-bond acceptors (Lipinski definition) is 3. The Morgan fingerprint density at radius 1 is 1.07 bits per heavy atom. The molecule has 27 heavy (non-hydrogen) atoms. The average Bonchev–Trinajstić information content (AvgIpc) is 2.72. The van der Waals surface area contributed by atoms with Crippen molar-refractivity contribution in [1.29, 1.82) is 0 Å². The van der Waals surface area contributed by atoms with Gasteiger partial charge in [0.1, 0.15) is 5.75 Å². The van der Waals surface area contributed by atoms with E-state index >= 15 is 0 Å². The third-order valence-electron chi connectivity index (χ3n) is 4.72. The van der Waals surface area contributed by atoms with Gasteiger partial charge in [-0.05, 0) is 86.5 Å². The van der Waals surface area contributed by atoms with E-state index in [4.69, 9.17) is 4.74 Å². The summed E-state index contributed by atoms with van der Waals surface area (Å²) in [4.78, 5) is 4.16. The van der Waals surface area contributed by atoms with Crippen LogP contribution in [0, 0.1) is 0 Å². The molecule has 1 N–H and O–H groups in total. The van der Waals surface area contributed by atoms with Gasteiger partial charge < -0.3 is 10.1 Å². The summed E-state index contributed by atoms with van der Waals surface area (Å²) in [6, 6.07) is 12.6. The zero-order valence-corrected chi connectivity index (χ0v) is 16.9. The number of methoxy groups -OCH3 is 1. The Hall–Kier alpha value is -2.13. The fourth-order valence-corrected chi connectivity index (χ4v) is 3.19. The second-order valence-electron chi connectivity index (χ2n) is 6.92. The monoisotopic (exact) mass is 366 g/mol. The van der Waals surface area contributed by atoms with Crippen LogP contribution in [0.3, 0.4) is 0 Å². The first-order valence-corrected chi connectivity index (χ1v) is 10.3. The molecule has 3 nitrogen and oxygen atoms in total. The van der Waals surface area contributed by atoms with Crippen molar-refractivity contribution in [2.24, 2.45) is 0 Å². The maximum absolute atomic E-state index is 5.26. The quantitative estimate of drug-likeness (QED) is 0.464. The summed E-state index contributed by atoms with van der Waals surface area (Å²) in [5, 5.41) is 3.57. The van der Waals surface area contributed by atoms with Gasteiger partial charge in [0.05, 0.1) is 7.11 Å². The summed E-state index contributed by atoms with van der Waals surface area (Å²) >= 11 is 0. The molecule has 0 unspecified atom stereocenters. The molecule has 0 aliphatic heterocycles. The van der Waals surface area contributed by atoms with Crippen LogP contribution in [0.5, 0.6) is 5.75 Å². The van der Waals surface area contributed by atoms with Crippen LogP contribution in [0.2, 0.25) is 0 Å². The Labute approximate surface area is 164 Å². The molecule has 1 heterocycles. The predicted octanol–water partition coefficient (Wildman–Crippen LogP) is 5.67. The summed E-state index contributed by atoms with van der Waals surface area (Å²) in [7, 11) is 1.71. The number of aromatic nitrogens is 1. The lowest BCUT2D eigenvalue weighted by molar-refractivity contribution is 0.415. The van der Waals surface area contributed by atoms with E-state index in [2.05, 4.69) is 41.5 Å². The Kier molecular flexibility index (Phi) is 10.3. The van der Waals surface area contributed by atoms with E-state index in [-0.39, 0.29) is 0 Å². The molecule has 1 aromatic heterocycles. The highest BCUT2D eigenvalue weighted by molar-refractivity contribution is 5.66. The Bertz CT molecular complexity index is 650. The molecule has 2 aromatic rings. The van der Waals surface area contributed by atoms with Crippen LogP contribution in [0.1, 0.15) is 56.6 Å². The molecular formula is C24H34N2O. The van der Waals surface area contributed by atoms with Crippen molar-refractivity contribution in [3.63, 3.8) is 0 Å². The number of benzene rings is 1. The van der Waals surface area contributed by atoms with E-state index in [1.807, 2.05) is 30.6 Å². The van der Waals surface area contributed by atoms with Gasteiger partial charge in [0.15, 0.2) is 0 Å². The summed E-state index contributed by atoms with van der Waals surface area (Å²) < 4.78 is 5.26. The molecule has 0 saturated carbocycles. The van der Waals surface area contributed by atoms with Gasteiger partial charge in [0.25, 0.3) is 0 Å². The summed E-state index contributed by atoms with van der Waals surface area (Å²) in [5.74, 6) is 0.919. The Morgan fingerprint density at radius 2 is 1.89 bits per heavy atom. The zero-order valence-electron chi connectivity index (χ0n) is 16.9. The van der Waals surface area contributed by atoms with Gasteiger partial charge in [-0.1, -0.05) is 37.6 Å². The van der Waals surface area contributed by atoms with Crippen molar-refractivity contribution < 1.29 is 4.74 Å². The predicted molar refractivity (Wildman–Crippen MR) is 115 cm³/mol. The van der Waals surface area contributed by atoms with Crippen molar-refractivity contribution in [3.8, 4) is 5.75 Å². The third-order valence-corrected chi connectivity index (χ3v) is 4.72. The van der Waals surface area contributed by atoms with Gasteiger partial charge in [-0.15, -0.1) is 0 Å². The second-order valence-corrected chi connectivity index (χ2v) is 6.92. The number of allylic oxidation sites excluding steroid dienone is 2. The SMILES string of the molecule is CCC/C(=C\CCCNCCCCc1cccnc1)c1ccc(OC)cc1. The highest BCUT2D eigenvalue weighted by Gasteiger charge is 2.01. The van der Waals surface area contributed by atoms with Gasteiger partial charge in [-0.3, -0.25) is 4.98 Å². The highest BCUT2D eigenvalue weighted by Crippen LogP contribution is 2.23. The van der Waals surface area contributed by atoms with E-state index in [9.17, 15) is 0 Å². The molecule has 2 rings (SSSR count). The van der Waals surface area contributed by atoms with Gasteiger partial charge in [-0.25, -0.2) is 0 Å². The summed E-state index contributed by atoms with van der Waals surface area (Å²) in [6.45, 7) is 4.43. The topological polar surface area (TPSA) is 34.2 Å². The van der Waals surface area contributed by atoms with Gasteiger partial charge >= 0.3 is 0 Å². The first-order valence-electron chi connectivity index (χ1n) is 10.3. The Morgan fingerprint density at radius 3 is 2.59 bits per heavy atom. The van der Waals surface area contributed by atoms with Gasteiger partial charge in [0.2, 0.25) is 0 Å². The van der Waals surface area contributed by atoms with Crippen LogP contribution < -0.4 is 10.1 Å². The fraction of sp³-hybridized carbons (Fsp3) is 0.458. The number of pyridine rings is 1. The molecule has 0 aliphatic rings. The minimum atomic E-state index is 0.919. The number of nitrogens with one attached hydrogen (secondary N) is 1. The maximum atomic E-state index is 5.26. The van der Waals surface area contributed by atoms with Crippen molar-refractivity contribution in [1.82, 2.24) is 10.3 Å². The molecule has 3 heteroatoms. The minimum Gasteiger partial charge on any atom is -0.497 e. The lowest BCUT2D eigenvalue weighted by atomic mass is 9.99. The van der Waals surface area contributed by atoms with Crippen LogP contribution in [0.25, 0.3) is 5.57 Å². The fourth-order valence-electron chi connectivity index (χ4n) is 3.19. The molecular weight excluding hydrogens is 332 g/mol. The molecule has 0 radical (unpaired) electrons. The van der Waals surface area contributed by atoms with E-state index in [0.29, 0.717) is 0 Å². The summed E-state index contributed by atoms with van der Waals surface area (Å²) in [5.41, 5.74) is 4.11. The molecule has 0 spiro atoms. The first kappa shape index (κ1) is 21.2. The van der Waals surface area contributed by atoms with Crippen molar-refractivity contribution in [3.05, 3.63) is 66.0 Å². The van der Waals surface area contributed by atoms with Crippen LogP contribution in [0.4, 0.5) is 0 Å². The Balaban J connectivity index is 1.61. The van der Waals surface area contributed by atoms with Crippen LogP contribution in [-0.2, 0) is 6.42 Å². The van der Waals surface area contributed by atoms with Crippen molar-refractivity contribution >= 4 is 5.57 Å². The maximum Gasteiger partial charge on any atom is 0.118 e. The van der Waals surface area contributed by atoms with Gasteiger partial charge in [-0.2, -0.15) is 0 Å². The molecule has 0 bridgehead atoms. The minimum absolute atomic E-state index is 0.919. The van der Waals surface area contributed by atoms with E-state index in [1.54, 1.807) is 7.11 Å². The first-order chi connectivity index (χ1) is 13.3. The van der Waals surface area contributed by atoms with Crippen molar-refractivity contribution in [2.45, 2.75) is 51.9 Å². The van der Waals surface area contributed by atoms with Gasteiger partial charge in [0, 0.05) is 12.4 Å². The number of hydrogen-bond donors (Lipinski definition) is 1. The molecule has 1 aromatic carbocycles. The number of aryl methyl sites for hydroxylation is 1. The molecule has 0 fully saturated rings. The number of nitrogens with zero attached hydrogens (tertiary/aromatic N) is 1. The number of rotatable bonds is 13.